The predicted octanol–water partition coefficient (Wildman–Crippen LogP) is 5.32. The van der Waals surface area contributed by atoms with E-state index in [9.17, 15) is 14.7 Å². The molecule has 1 rings (SSSR count). The van der Waals surface area contributed by atoms with Crippen LogP contribution in [0.15, 0.2) is 24.3 Å². The van der Waals surface area contributed by atoms with Crippen molar-refractivity contribution in [2.75, 3.05) is 0 Å². The van der Waals surface area contributed by atoms with Crippen LogP contribution in [0.5, 0.6) is 0 Å². The van der Waals surface area contributed by atoms with Gasteiger partial charge in [-0.15, -0.1) is 0 Å². The number of hydrogen-bond donors (Lipinski definition) is 1. The van der Waals surface area contributed by atoms with Crippen molar-refractivity contribution in [1.29, 1.82) is 0 Å². The Kier molecular flexibility index (Phi) is 9.13. The zero-order valence-corrected chi connectivity index (χ0v) is 15.1. The summed E-state index contributed by atoms with van der Waals surface area (Å²) in [6, 6.07) is 6.24. The number of carbonyl (C=O) groups excluding carboxylic acids is 1. The van der Waals surface area contributed by atoms with Gasteiger partial charge in [0.15, 0.2) is 0 Å². The zero-order valence-electron chi connectivity index (χ0n) is 15.1. The van der Waals surface area contributed by atoms with E-state index >= 15 is 0 Å². The van der Waals surface area contributed by atoms with Crippen molar-refractivity contribution in [3.05, 3.63) is 35.4 Å². The van der Waals surface area contributed by atoms with E-state index in [4.69, 9.17) is 4.74 Å². The minimum absolute atomic E-state index is 0.00153. The summed E-state index contributed by atoms with van der Waals surface area (Å²) < 4.78 is 5.78. The van der Waals surface area contributed by atoms with Crippen LogP contribution in [0, 0.1) is 5.92 Å². The summed E-state index contributed by atoms with van der Waals surface area (Å²) in [7, 11) is 0. The molecule has 0 spiro atoms. The molecule has 0 aliphatic heterocycles. The highest BCUT2D eigenvalue weighted by molar-refractivity contribution is 6.02. The highest BCUT2D eigenvalue weighted by Crippen LogP contribution is 2.25. The topological polar surface area (TPSA) is 63.6 Å². The lowest BCUT2D eigenvalue weighted by molar-refractivity contribution is 0.00759. The van der Waals surface area contributed by atoms with Crippen LogP contribution in [-0.4, -0.2) is 23.1 Å². The summed E-state index contributed by atoms with van der Waals surface area (Å²) in [4.78, 5) is 23.9. The van der Waals surface area contributed by atoms with Crippen molar-refractivity contribution in [2.24, 2.45) is 5.92 Å². The van der Waals surface area contributed by atoms with Crippen LogP contribution in [0.25, 0.3) is 0 Å². The average molecular weight is 334 g/mol. The minimum Gasteiger partial charge on any atom is -0.478 e. The highest BCUT2D eigenvalue weighted by atomic mass is 16.5. The molecule has 134 valence electrons. The summed E-state index contributed by atoms with van der Waals surface area (Å²) in [6.07, 6.45) is 6.97. The van der Waals surface area contributed by atoms with Crippen LogP contribution < -0.4 is 0 Å². The summed E-state index contributed by atoms with van der Waals surface area (Å²) in [5.41, 5.74) is 0.134. The third-order valence-corrected chi connectivity index (χ3v) is 4.46. The Morgan fingerprint density at radius 3 is 2.12 bits per heavy atom. The molecular weight excluding hydrogens is 304 g/mol. The van der Waals surface area contributed by atoms with E-state index in [1.807, 2.05) is 0 Å². The number of unbranched alkanes of at least 4 members (excludes halogenated alkanes) is 2. The van der Waals surface area contributed by atoms with E-state index in [0.29, 0.717) is 5.92 Å². The molecule has 0 heterocycles. The molecule has 0 saturated carbocycles. The van der Waals surface area contributed by atoms with E-state index in [0.717, 1.165) is 44.9 Å². The number of carboxylic acids is 1. The number of hydrogen-bond acceptors (Lipinski definition) is 3. The minimum atomic E-state index is -1.11. The number of benzene rings is 1. The van der Waals surface area contributed by atoms with Crippen molar-refractivity contribution in [1.82, 2.24) is 0 Å². The third kappa shape index (κ3) is 5.99. The van der Waals surface area contributed by atoms with E-state index in [2.05, 4.69) is 20.8 Å². The van der Waals surface area contributed by atoms with Crippen LogP contribution in [0.3, 0.4) is 0 Å². The Morgan fingerprint density at radius 2 is 1.58 bits per heavy atom. The molecule has 4 heteroatoms. The molecule has 0 radical (unpaired) electrons. The molecule has 1 aromatic carbocycles. The largest absolute Gasteiger partial charge is 0.478 e. The van der Waals surface area contributed by atoms with Gasteiger partial charge < -0.3 is 9.84 Å². The maximum absolute atomic E-state index is 12.6. The molecule has 2 atom stereocenters. The molecule has 0 fully saturated rings. The number of carboxylic acid groups (broad SMARTS) is 1. The lowest BCUT2D eigenvalue weighted by atomic mass is 9.90. The van der Waals surface area contributed by atoms with Gasteiger partial charge in [-0.2, -0.15) is 0 Å². The van der Waals surface area contributed by atoms with E-state index in [1.54, 1.807) is 12.1 Å². The first-order valence-corrected chi connectivity index (χ1v) is 9.08. The maximum atomic E-state index is 12.6. The fourth-order valence-electron chi connectivity index (χ4n) is 2.96. The number of rotatable bonds is 11. The average Bonchev–Trinajstić information content (AvgIpc) is 2.59. The third-order valence-electron chi connectivity index (χ3n) is 4.46. The van der Waals surface area contributed by atoms with Gasteiger partial charge in [-0.25, -0.2) is 9.59 Å². The molecule has 1 N–H and O–H groups in total. The fourth-order valence-corrected chi connectivity index (χ4v) is 2.96. The second kappa shape index (κ2) is 10.8. The van der Waals surface area contributed by atoms with Crippen molar-refractivity contribution in [3.8, 4) is 0 Å². The number of aromatic carboxylic acids is 1. The lowest BCUT2D eigenvalue weighted by Gasteiger charge is -2.26. The Hall–Kier alpha value is -1.84. The van der Waals surface area contributed by atoms with Gasteiger partial charge in [0.2, 0.25) is 0 Å². The number of esters is 1. The smallest absolute Gasteiger partial charge is 0.339 e. The molecule has 2 unspecified atom stereocenters. The standard InChI is InChI=1S/C20H30O4/c1-4-7-11-15(6-3)18(14-8-5-2)24-20(23)17-13-10-9-12-16(17)19(21)22/h9-10,12-13,15,18H,4-8,11,14H2,1-3H3,(H,21,22). The van der Waals surface area contributed by atoms with Gasteiger partial charge in [-0.3, -0.25) is 0 Å². The van der Waals surface area contributed by atoms with Gasteiger partial charge in [-0.1, -0.05) is 58.6 Å². The quantitative estimate of drug-likeness (QED) is 0.556. The van der Waals surface area contributed by atoms with E-state index in [-0.39, 0.29) is 17.2 Å². The summed E-state index contributed by atoms with van der Waals surface area (Å²) in [5, 5.41) is 9.25. The molecule has 0 aliphatic rings. The normalized spacial score (nSPS) is 13.3. The fraction of sp³-hybridized carbons (Fsp3) is 0.600. The van der Waals surface area contributed by atoms with Gasteiger partial charge in [0.1, 0.15) is 6.10 Å². The van der Waals surface area contributed by atoms with Crippen LogP contribution in [0.4, 0.5) is 0 Å². The van der Waals surface area contributed by atoms with E-state index < -0.39 is 11.9 Å². The summed E-state index contributed by atoms with van der Waals surface area (Å²) in [6.45, 7) is 6.40. The summed E-state index contributed by atoms with van der Waals surface area (Å²) in [5.74, 6) is -1.30. The van der Waals surface area contributed by atoms with Crippen LogP contribution >= 0.6 is 0 Å². The Labute approximate surface area is 145 Å². The molecule has 0 saturated heterocycles. The lowest BCUT2D eigenvalue weighted by Crippen LogP contribution is -2.27. The first-order chi connectivity index (χ1) is 11.5. The molecule has 4 nitrogen and oxygen atoms in total. The second-order valence-corrected chi connectivity index (χ2v) is 6.25. The van der Waals surface area contributed by atoms with Gasteiger partial charge in [0, 0.05) is 0 Å². The van der Waals surface area contributed by atoms with Gasteiger partial charge >= 0.3 is 11.9 Å². The molecule has 0 aromatic heterocycles. The second-order valence-electron chi connectivity index (χ2n) is 6.25. The van der Waals surface area contributed by atoms with Crippen molar-refractivity contribution < 1.29 is 19.4 Å². The number of carbonyl (C=O) groups is 2. The maximum Gasteiger partial charge on any atom is 0.339 e. The van der Waals surface area contributed by atoms with Crippen molar-refractivity contribution in [3.63, 3.8) is 0 Å². The SMILES string of the molecule is CCCCC(CC)C(CCCC)OC(=O)c1ccccc1C(=O)O. The Morgan fingerprint density at radius 1 is 1.00 bits per heavy atom. The first kappa shape index (κ1) is 20.2. The van der Waals surface area contributed by atoms with Crippen molar-refractivity contribution in [2.45, 2.75) is 71.8 Å². The molecule has 0 amide bonds. The Balaban J connectivity index is 2.92. The first-order valence-electron chi connectivity index (χ1n) is 9.08. The molecule has 1 aromatic rings. The van der Waals surface area contributed by atoms with Crippen LogP contribution in [-0.2, 0) is 4.74 Å². The molecular formula is C20H30O4. The van der Waals surface area contributed by atoms with E-state index in [1.165, 1.54) is 12.1 Å². The van der Waals surface area contributed by atoms with Gasteiger partial charge in [0.05, 0.1) is 11.1 Å². The predicted molar refractivity (Wildman–Crippen MR) is 95.4 cm³/mol. The summed E-state index contributed by atoms with van der Waals surface area (Å²) >= 11 is 0. The molecule has 24 heavy (non-hydrogen) atoms. The Bertz CT molecular complexity index is 524. The molecule has 0 aliphatic carbocycles. The molecule has 0 bridgehead atoms. The number of ether oxygens (including phenoxy) is 1. The van der Waals surface area contributed by atoms with Crippen LogP contribution in [0.1, 0.15) is 86.4 Å². The zero-order chi connectivity index (χ0) is 17.9. The highest BCUT2D eigenvalue weighted by Gasteiger charge is 2.25. The monoisotopic (exact) mass is 334 g/mol. The van der Waals surface area contributed by atoms with Crippen molar-refractivity contribution >= 4 is 11.9 Å². The van der Waals surface area contributed by atoms with Gasteiger partial charge in [0.25, 0.3) is 0 Å². The van der Waals surface area contributed by atoms with Crippen LogP contribution in [0.2, 0.25) is 0 Å². The van der Waals surface area contributed by atoms with Gasteiger partial charge in [-0.05, 0) is 37.3 Å².